The summed E-state index contributed by atoms with van der Waals surface area (Å²) in [6.07, 6.45) is -4.35. The van der Waals surface area contributed by atoms with Crippen molar-refractivity contribution in [1.82, 2.24) is 25.0 Å². The predicted octanol–water partition coefficient (Wildman–Crippen LogP) is 0.650. The quantitative estimate of drug-likeness (QED) is 0.879. The Kier molecular flexibility index (Phi) is 4.28. The van der Waals surface area contributed by atoms with Gasteiger partial charge in [-0.1, -0.05) is 0 Å². The third-order valence-electron chi connectivity index (χ3n) is 4.08. The van der Waals surface area contributed by atoms with E-state index in [0.717, 1.165) is 4.90 Å². The molecule has 10 heteroatoms. The number of ether oxygens (including phenoxy) is 1. The van der Waals surface area contributed by atoms with Crippen LogP contribution in [-0.4, -0.2) is 75.9 Å². The molecule has 23 heavy (non-hydrogen) atoms. The van der Waals surface area contributed by atoms with Crippen LogP contribution in [0.2, 0.25) is 0 Å². The summed E-state index contributed by atoms with van der Waals surface area (Å²) in [7, 11) is 0. The van der Waals surface area contributed by atoms with Crippen LogP contribution in [0.5, 0.6) is 0 Å². The number of carbonyl (C=O) groups is 1. The summed E-state index contributed by atoms with van der Waals surface area (Å²) in [5.41, 5.74) is 0. The molecule has 2 saturated heterocycles. The lowest BCUT2D eigenvalue weighted by Crippen LogP contribution is -2.49. The first kappa shape index (κ1) is 16.2. The zero-order chi connectivity index (χ0) is 16.6. The minimum atomic E-state index is -4.37. The van der Waals surface area contributed by atoms with Crippen molar-refractivity contribution in [3.05, 3.63) is 11.6 Å². The largest absolute Gasteiger partial charge is 0.406 e. The molecule has 0 aliphatic carbocycles. The van der Waals surface area contributed by atoms with Gasteiger partial charge in [-0.25, -0.2) is 4.98 Å². The van der Waals surface area contributed by atoms with E-state index in [9.17, 15) is 18.0 Å². The molecule has 3 heterocycles. The van der Waals surface area contributed by atoms with Gasteiger partial charge >= 0.3 is 6.18 Å². The molecular formula is C13H18F3N5O2. The van der Waals surface area contributed by atoms with Crippen LogP contribution in [0.15, 0.2) is 0 Å². The monoisotopic (exact) mass is 333 g/mol. The first-order chi connectivity index (χ1) is 10.8. The van der Waals surface area contributed by atoms with Gasteiger partial charge in [0, 0.05) is 19.6 Å². The fourth-order valence-corrected chi connectivity index (χ4v) is 3.05. The number of aryl methyl sites for hydroxylation is 1. The van der Waals surface area contributed by atoms with Crippen LogP contribution in [0.25, 0.3) is 0 Å². The number of halogens is 3. The standard InChI is InChI=1S/C13H18F3N5O2/c1-8-17-11(19-18-8)10-6-20(4-5-23-10)9-2-3-21(12(9)22)7-13(14,15)16/h9-10H,2-7H2,1H3,(H,17,18,19)/t9-,10+/m0/s1. The number of rotatable bonds is 3. The van der Waals surface area contributed by atoms with Gasteiger partial charge in [0.25, 0.3) is 0 Å². The van der Waals surface area contributed by atoms with Gasteiger partial charge < -0.3 is 9.64 Å². The van der Waals surface area contributed by atoms with Gasteiger partial charge in [-0.15, -0.1) is 0 Å². The summed E-state index contributed by atoms with van der Waals surface area (Å²) in [5, 5.41) is 6.78. The Hall–Kier alpha value is -1.68. The number of nitrogens with zero attached hydrogens (tertiary/aromatic N) is 4. The summed E-state index contributed by atoms with van der Waals surface area (Å²) in [6.45, 7) is 2.01. The van der Waals surface area contributed by atoms with Crippen molar-refractivity contribution >= 4 is 5.91 Å². The van der Waals surface area contributed by atoms with Crippen LogP contribution in [0.3, 0.4) is 0 Å². The van der Waals surface area contributed by atoms with Crippen molar-refractivity contribution in [2.24, 2.45) is 0 Å². The van der Waals surface area contributed by atoms with Crippen LogP contribution < -0.4 is 0 Å². The van der Waals surface area contributed by atoms with Gasteiger partial charge in [0.1, 0.15) is 18.5 Å². The number of amides is 1. The fourth-order valence-electron chi connectivity index (χ4n) is 3.05. The Labute approximate surface area is 130 Å². The Morgan fingerprint density at radius 3 is 2.83 bits per heavy atom. The number of hydrogen-bond acceptors (Lipinski definition) is 5. The van der Waals surface area contributed by atoms with Gasteiger partial charge in [-0.2, -0.15) is 18.3 Å². The fraction of sp³-hybridized carbons (Fsp3) is 0.769. The highest BCUT2D eigenvalue weighted by atomic mass is 19.4. The number of H-pyrrole nitrogens is 1. The van der Waals surface area contributed by atoms with Crippen molar-refractivity contribution in [2.75, 3.05) is 32.8 Å². The van der Waals surface area contributed by atoms with E-state index in [-0.39, 0.29) is 12.6 Å². The molecule has 3 rings (SSSR count). The molecule has 1 aromatic heterocycles. The van der Waals surface area contributed by atoms with Crippen LogP contribution in [0.1, 0.15) is 24.2 Å². The second kappa shape index (κ2) is 6.08. The van der Waals surface area contributed by atoms with E-state index in [0.29, 0.717) is 37.8 Å². The Morgan fingerprint density at radius 2 is 2.17 bits per heavy atom. The second-order valence-electron chi connectivity index (χ2n) is 5.81. The highest BCUT2D eigenvalue weighted by Crippen LogP contribution is 2.27. The number of aromatic nitrogens is 3. The highest BCUT2D eigenvalue weighted by Gasteiger charge is 2.42. The van der Waals surface area contributed by atoms with Crippen molar-refractivity contribution in [3.63, 3.8) is 0 Å². The van der Waals surface area contributed by atoms with Gasteiger partial charge in [-0.05, 0) is 13.3 Å². The maximum absolute atomic E-state index is 12.5. The molecule has 7 nitrogen and oxygen atoms in total. The third kappa shape index (κ3) is 3.63. The maximum Gasteiger partial charge on any atom is 0.406 e. The lowest BCUT2D eigenvalue weighted by atomic mass is 10.1. The number of hydrogen-bond donors (Lipinski definition) is 1. The molecule has 2 aliphatic rings. The molecule has 2 fully saturated rings. The van der Waals surface area contributed by atoms with E-state index >= 15 is 0 Å². The molecule has 0 saturated carbocycles. The van der Waals surface area contributed by atoms with E-state index in [1.165, 1.54) is 0 Å². The van der Waals surface area contributed by atoms with Gasteiger partial charge in [0.15, 0.2) is 5.82 Å². The molecule has 2 aliphatic heterocycles. The molecule has 0 bridgehead atoms. The number of morpholine rings is 1. The van der Waals surface area contributed by atoms with Gasteiger partial charge in [0.05, 0.1) is 12.6 Å². The zero-order valence-electron chi connectivity index (χ0n) is 12.6. The zero-order valence-corrected chi connectivity index (χ0v) is 12.6. The van der Waals surface area contributed by atoms with E-state index in [2.05, 4.69) is 15.2 Å². The number of nitrogens with one attached hydrogen (secondary N) is 1. The number of aromatic amines is 1. The van der Waals surface area contributed by atoms with Crippen LogP contribution in [0.4, 0.5) is 13.2 Å². The maximum atomic E-state index is 12.5. The summed E-state index contributed by atoms with van der Waals surface area (Å²) < 4.78 is 43.1. The average Bonchev–Trinajstić information content (AvgIpc) is 3.05. The number of likely N-dealkylation sites (tertiary alicyclic amines) is 1. The summed E-state index contributed by atoms with van der Waals surface area (Å²) in [5.74, 6) is 0.702. The molecule has 0 unspecified atom stereocenters. The van der Waals surface area contributed by atoms with Crippen LogP contribution >= 0.6 is 0 Å². The second-order valence-corrected chi connectivity index (χ2v) is 5.81. The molecule has 0 aromatic carbocycles. The Balaban J connectivity index is 1.64. The molecule has 0 spiro atoms. The molecule has 1 aromatic rings. The topological polar surface area (TPSA) is 74.3 Å². The Morgan fingerprint density at radius 1 is 1.39 bits per heavy atom. The van der Waals surface area contributed by atoms with Crippen molar-refractivity contribution in [2.45, 2.75) is 31.7 Å². The lowest BCUT2D eigenvalue weighted by Gasteiger charge is -2.34. The van der Waals surface area contributed by atoms with Crippen molar-refractivity contribution < 1.29 is 22.7 Å². The molecule has 1 amide bonds. The minimum Gasteiger partial charge on any atom is -0.367 e. The number of alkyl halides is 3. The Bertz CT molecular complexity index is 576. The van der Waals surface area contributed by atoms with E-state index in [1.807, 2.05) is 4.90 Å². The summed E-state index contributed by atoms with van der Waals surface area (Å²) in [6, 6.07) is -0.524. The number of carbonyl (C=O) groups excluding carboxylic acids is 1. The third-order valence-corrected chi connectivity index (χ3v) is 4.08. The minimum absolute atomic E-state index is 0.130. The molecule has 1 N–H and O–H groups in total. The molecule has 2 atom stereocenters. The lowest BCUT2D eigenvalue weighted by molar-refractivity contribution is -0.160. The van der Waals surface area contributed by atoms with E-state index in [1.54, 1.807) is 6.92 Å². The smallest absolute Gasteiger partial charge is 0.367 e. The SMILES string of the molecule is Cc1nc([C@H]2CN([C@H]3CCN(CC(F)(F)F)C3=O)CCO2)n[nH]1. The predicted molar refractivity (Wildman–Crippen MR) is 72.4 cm³/mol. The van der Waals surface area contributed by atoms with Crippen LogP contribution in [-0.2, 0) is 9.53 Å². The van der Waals surface area contributed by atoms with E-state index in [4.69, 9.17) is 4.74 Å². The molecule has 128 valence electrons. The van der Waals surface area contributed by atoms with Gasteiger partial charge in [-0.3, -0.25) is 14.8 Å². The summed E-state index contributed by atoms with van der Waals surface area (Å²) in [4.78, 5) is 19.2. The highest BCUT2D eigenvalue weighted by molar-refractivity contribution is 5.84. The van der Waals surface area contributed by atoms with E-state index < -0.39 is 24.7 Å². The van der Waals surface area contributed by atoms with Gasteiger partial charge in [0.2, 0.25) is 5.91 Å². The average molecular weight is 333 g/mol. The first-order valence-corrected chi connectivity index (χ1v) is 7.43. The normalized spacial score (nSPS) is 27.0. The summed E-state index contributed by atoms with van der Waals surface area (Å²) >= 11 is 0. The molecule has 0 radical (unpaired) electrons. The first-order valence-electron chi connectivity index (χ1n) is 7.43. The molecular weight excluding hydrogens is 315 g/mol. The van der Waals surface area contributed by atoms with Crippen molar-refractivity contribution in [1.29, 1.82) is 0 Å². The van der Waals surface area contributed by atoms with Crippen molar-refractivity contribution in [3.8, 4) is 0 Å². The van der Waals surface area contributed by atoms with Crippen LogP contribution in [0, 0.1) is 6.92 Å².